The Morgan fingerprint density at radius 1 is 1.32 bits per heavy atom. The molecule has 0 spiro atoms. The average molecular weight is 301 g/mol. The Balaban J connectivity index is 1.38. The van der Waals surface area contributed by atoms with Crippen LogP contribution in [0.3, 0.4) is 0 Å². The van der Waals surface area contributed by atoms with Gasteiger partial charge in [-0.25, -0.2) is 4.68 Å². The van der Waals surface area contributed by atoms with Gasteiger partial charge in [0, 0.05) is 37.5 Å². The van der Waals surface area contributed by atoms with Gasteiger partial charge in [0.05, 0.1) is 12.2 Å². The molecule has 0 radical (unpaired) electrons. The highest BCUT2D eigenvalue weighted by Crippen LogP contribution is 2.41. The number of aromatic nitrogens is 6. The summed E-state index contributed by atoms with van der Waals surface area (Å²) in [6.45, 7) is 2.07. The largest absolute Gasteiger partial charge is 0.342 e. The van der Waals surface area contributed by atoms with E-state index >= 15 is 0 Å². The van der Waals surface area contributed by atoms with Crippen LogP contribution in [0.1, 0.15) is 42.1 Å². The molecule has 116 valence electrons. The first-order valence-electron chi connectivity index (χ1n) is 7.86. The van der Waals surface area contributed by atoms with E-state index in [4.69, 9.17) is 0 Å². The van der Waals surface area contributed by atoms with E-state index in [0.29, 0.717) is 18.9 Å². The van der Waals surface area contributed by atoms with Gasteiger partial charge >= 0.3 is 0 Å². The number of carbonyl (C=O) groups excluding carboxylic acids is 1. The Labute approximate surface area is 127 Å². The van der Waals surface area contributed by atoms with Crippen molar-refractivity contribution in [1.29, 1.82) is 0 Å². The standard InChI is InChI=1S/C14H19N7O/c22-13(5-8-21-9-15-18-19-21)20-6-3-11-12(4-7-20)16-17-14(11)10-1-2-10/h9-10H,1-8H2,(H,16,17). The number of aryl methyl sites for hydroxylation is 1. The first-order valence-corrected chi connectivity index (χ1v) is 7.86. The van der Waals surface area contributed by atoms with E-state index in [-0.39, 0.29) is 5.91 Å². The lowest BCUT2D eigenvalue weighted by molar-refractivity contribution is -0.131. The van der Waals surface area contributed by atoms with Crippen molar-refractivity contribution >= 4 is 5.91 Å². The number of hydrogen-bond acceptors (Lipinski definition) is 5. The summed E-state index contributed by atoms with van der Waals surface area (Å²) >= 11 is 0. The van der Waals surface area contributed by atoms with Gasteiger partial charge in [0.25, 0.3) is 0 Å². The lowest BCUT2D eigenvalue weighted by atomic mass is 10.1. The van der Waals surface area contributed by atoms with Gasteiger partial charge in [0.2, 0.25) is 5.91 Å². The molecule has 2 aliphatic rings. The van der Waals surface area contributed by atoms with E-state index < -0.39 is 0 Å². The van der Waals surface area contributed by atoms with Crippen LogP contribution in [0.2, 0.25) is 0 Å². The van der Waals surface area contributed by atoms with Crippen LogP contribution in [0, 0.1) is 0 Å². The van der Waals surface area contributed by atoms with Gasteiger partial charge in [-0.1, -0.05) is 0 Å². The zero-order chi connectivity index (χ0) is 14.9. The second-order valence-electron chi connectivity index (χ2n) is 6.04. The van der Waals surface area contributed by atoms with E-state index in [0.717, 1.165) is 25.9 Å². The third-order valence-corrected chi connectivity index (χ3v) is 4.51. The van der Waals surface area contributed by atoms with Crippen molar-refractivity contribution < 1.29 is 4.79 Å². The Bertz CT molecular complexity index is 659. The van der Waals surface area contributed by atoms with Crippen molar-refractivity contribution in [1.82, 2.24) is 35.3 Å². The number of rotatable bonds is 4. The van der Waals surface area contributed by atoms with Crippen molar-refractivity contribution in [3.05, 3.63) is 23.3 Å². The fourth-order valence-corrected chi connectivity index (χ4v) is 3.10. The van der Waals surface area contributed by atoms with Crippen LogP contribution in [0.5, 0.6) is 0 Å². The molecule has 1 N–H and O–H groups in total. The van der Waals surface area contributed by atoms with Gasteiger partial charge in [-0.05, 0) is 35.3 Å². The molecule has 4 rings (SSSR count). The quantitative estimate of drug-likeness (QED) is 0.876. The number of hydrogen-bond donors (Lipinski definition) is 1. The summed E-state index contributed by atoms with van der Waals surface area (Å²) in [6.07, 6.45) is 6.26. The number of nitrogens with zero attached hydrogens (tertiary/aromatic N) is 6. The molecule has 2 aromatic heterocycles. The van der Waals surface area contributed by atoms with E-state index in [1.165, 1.54) is 36.1 Å². The van der Waals surface area contributed by atoms with Gasteiger partial charge in [0.15, 0.2) is 0 Å². The molecular weight excluding hydrogens is 282 g/mol. The summed E-state index contributed by atoms with van der Waals surface area (Å²) < 4.78 is 1.59. The van der Waals surface area contributed by atoms with Gasteiger partial charge < -0.3 is 4.90 Å². The maximum absolute atomic E-state index is 12.4. The minimum absolute atomic E-state index is 0.168. The van der Waals surface area contributed by atoms with Crippen LogP contribution in [0.4, 0.5) is 0 Å². The second-order valence-corrected chi connectivity index (χ2v) is 6.04. The maximum atomic E-state index is 12.4. The molecule has 0 unspecified atom stereocenters. The second kappa shape index (κ2) is 5.51. The minimum Gasteiger partial charge on any atom is -0.342 e. The van der Waals surface area contributed by atoms with Crippen molar-refractivity contribution in [3.63, 3.8) is 0 Å². The van der Waals surface area contributed by atoms with Crippen LogP contribution >= 0.6 is 0 Å². The lowest BCUT2D eigenvalue weighted by Gasteiger charge is -2.20. The molecule has 1 fully saturated rings. The summed E-state index contributed by atoms with van der Waals surface area (Å²) in [7, 11) is 0. The molecule has 0 aromatic carbocycles. The molecule has 8 heteroatoms. The smallest absolute Gasteiger partial charge is 0.224 e. The molecule has 22 heavy (non-hydrogen) atoms. The number of carbonyl (C=O) groups is 1. The molecular formula is C14H19N7O. The average Bonchev–Trinajstić information content (AvgIpc) is 3.16. The van der Waals surface area contributed by atoms with E-state index in [1.807, 2.05) is 4.90 Å². The molecule has 3 heterocycles. The first-order chi connectivity index (χ1) is 10.8. The van der Waals surface area contributed by atoms with Crippen LogP contribution in [0.15, 0.2) is 6.33 Å². The highest BCUT2D eigenvalue weighted by Gasteiger charge is 2.31. The third kappa shape index (κ3) is 2.60. The topological polar surface area (TPSA) is 92.6 Å². The summed E-state index contributed by atoms with van der Waals surface area (Å²) in [5, 5.41) is 18.6. The number of aromatic amines is 1. The first kappa shape index (κ1) is 13.4. The van der Waals surface area contributed by atoms with Gasteiger partial charge in [-0.2, -0.15) is 5.10 Å². The Kier molecular flexibility index (Phi) is 3.36. The van der Waals surface area contributed by atoms with Gasteiger partial charge in [-0.15, -0.1) is 5.10 Å². The number of amides is 1. The number of tetrazole rings is 1. The zero-order valence-corrected chi connectivity index (χ0v) is 12.4. The molecule has 0 atom stereocenters. The third-order valence-electron chi connectivity index (χ3n) is 4.51. The van der Waals surface area contributed by atoms with Crippen LogP contribution in [-0.4, -0.2) is 54.3 Å². The summed E-state index contributed by atoms with van der Waals surface area (Å²) in [4.78, 5) is 14.3. The summed E-state index contributed by atoms with van der Waals surface area (Å²) in [6, 6.07) is 0. The minimum atomic E-state index is 0.168. The van der Waals surface area contributed by atoms with Crippen LogP contribution in [-0.2, 0) is 24.2 Å². The Morgan fingerprint density at radius 3 is 2.95 bits per heavy atom. The zero-order valence-electron chi connectivity index (χ0n) is 12.4. The van der Waals surface area contributed by atoms with Crippen LogP contribution in [0.25, 0.3) is 0 Å². The molecule has 1 saturated carbocycles. The number of H-pyrrole nitrogens is 1. The molecule has 0 saturated heterocycles. The molecule has 2 aromatic rings. The maximum Gasteiger partial charge on any atom is 0.224 e. The number of fused-ring (bicyclic) bond motifs is 1. The predicted octanol–water partition coefficient (Wildman–Crippen LogP) is 0.291. The van der Waals surface area contributed by atoms with Gasteiger partial charge in [0.1, 0.15) is 6.33 Å². The molecule has 1 aliphatic heterocycles. The van der Waals surface area contributed by atoms with Crippen molar-refractivity contribution in [2.24, 2.45) is 0 Å². The van der Waals surface area contributed by atoms with E-state index in [1.54, 1.807) is 4.68 Å². The highest BCUT2D eigenvalue weighted by molar-refractivity contribution is 5.76. The summed E-state index contributed by atoms with van der Waals surface area (Å²) in [5.41, 5.74) is 3.83. The van der Waals surface area contributed by atoms with Crippen molar-refractivity contribution in [2.75, 3.05) is 13.1 Å². The van der Waals surface area contributed by atoms with E-state index in [9.17, 15) is 4.79 Å². The normalized spacial score (nSPS) is 18.1. The molecule has 8 nitrogen and oxygen atoms in total. The van der Waals surface area contributed by atoms with Gasteiger partial charge in [-0.3, -0.25) is 9.89 Å². The summed E-state index contributed by atoms with van der Waals surface area (Å²) in [5.74, 6) is 0.823. The Morgan fingerprint density at radius 2 is 2.18 bits per heavy atom. The highest BCUT2D eigenvalue weighted by atomic mass is 16.2. The molecule has 0 bridgehead atoms. The Hall–Kier alpha value is -2.25. The fraction of sp³-hybridized carbons (Fsp3) is 0.643. The van der Waals surface area contributed by atoms with Crippen molar-refractivity contribution in [3.8, 4) is 0 Å². The molecule has 1 aliphatic carbocycles. The molecule has 1 amide bonds. The number of nitrogens with one attached hydrogen (secondary N) is 1. The predicted molar refractivity (Wildman–Crippen MR) is 77.0 cm³/mol. The van der Waals surface area contributed by atoms with E-state index in [2.05, 4.69) is 25.7 Å². The lowest BCUT2D eigenvalue weighted by Crippen LogP contribution is -2.34. The van der Waals surface area contributed by atoms with Crippen LogP contribution < -0.4 is 0 Å². The monoisotopic (exact) mass is 301 g/mol. The van der Waals surface area contributed by atoms with Crippen molar-refractivity contribution in [2.45, 2.75) is 44.6 Å². The fourth-order valence-electron chi connectivity index (χ4n) is 3.10. The SMILES string of the molecule is O=C(CCn1cnnn1)N1CCc2[nH]nc(C3CC3)c2CC1.